The Hall–Kier alpha value is -3.36. The molecule has 0 fully saturated rings. The number of aryl methyl sites for hydroxylation is 1. The van der Waals surface area contributed by atoms with Crippen molar-refractivity contribution in [3.63, 3.8) is 0 Å². The van der Waals surface area contributed by atoms with Crippen LogP contribution in [0, 0.1) is 6.92 Å². The molecule has 0 spiro atoms. The normalized spacial score (nSPS) is 12.3. The Balaban J connectivity index is 1.87. The van der Waals surface area contributed by atoms with E-state index in [4.69, 9.17) is 9.47 Å². The Morgan fingerprint density at radius 3 is 2.24 bits per heavy atom. The minimum Gasteiger partial charge on any atom is -0.496 e. The molecule has 3 aromatic carbocycles. The number of carbonyl (C=O) groups excluding carboxylic acids is 1. The van der Waals surface area contributed by atoms with Crippen LogP contribution in [0.2, 0.25) is 0 Å². The van der Waals surface area contributed by atoms with Gasteiger partial charge in [-0.2, -0.15) is 4.31 Å². The van der Waals surface area contributed by atoms with Crippen molar-refractivity contribution in [1.29, 1.82) is 0 Å². The van der Waals surface area contributed by atoms with Gasteiger partial charge in [0.25, 0.3) is 0 Å². The zero-order valence-corrected chi connectivity index (χ0v) is 20.6. The van der Waals surface area contributed by atoms with Gasteiger partial charge in [0.2, 0.25) is 15.9 Å². The summed E-state index contributed by atoms with van der Waals surface area (Å²) in [5.41, 5.74) is 2.28. The first-order valence-electron chi connectivity index (χ1n) is 10.9. The van der Waals surface area contributed by atoms with E-state index in [1.54, 1.807) is 26.2 Å². The molecule has 180 valence electrons. The van der Waals surface area contributed by atoms with Gasteiger partial charge in [-0.05, 0) is 49.2 Å². The Kier molecular flexibility index (Phi) is 8.31. The van der Waals surface area contributed by atoms with E-state index in [1.165, 1.54) is 17.5 Å². The summed E-state index contributed by atoms with van der Waals surface area (Å²) in [6, 6.07) is 20.9. The second kappa shape index (κ2) is 11.2. The second-order valence-corrected chi connectivity index (χ2v) is 9.86. The van der Waals surface area contributed by atoms with Crippen molar-refractivity contribution in [2.24, 2.45) is 0 Å². The highest BCUT2D eigenvalue weighted by Gasteiger charge is 2.28. The maximum absolute atomic E-state index is 13.6. The van der Waals surface area contributed by atoms with Gasteiger partial charge in [-0.15, -0.1) is 0 Å². The lowest BCUT2D eigenvalue weighted by Crippen LogP contribution is -2.41. The predicted octanol–water partition coefficient (Wildman–Crippen LogP) is 4.08. The molecular formula is C26H30N2O5S. The summed E-state index contributed by atoms with van der Waals surface area (Å²) in [5.74, 6) is 0.831. The minimum absolute atomic E-state index is 0.0602. The molecule has 1 amide bonds. The number of carbonyl (C=O) groups is 1. The van der Waals surface area contributed by atoms with Crippen LogP contribution >= 0.6 is 0 Å². The van der Waals surface area contributed by atoms with Crippen LogP contribution in [0.15, 0.2) is 77.7 Å². The molecule has 0 aliphatic rings. The summed E-state index contributed by atoms with van der Waals surface area (Å²) in [5, 5.41) is 2.90. The highest BCUT2D eigenvalue weighted by Crippen LogP contribution is 2.26. The molecule has 0 aliphatic carbocycles. The van der Waals surface area contributed by atoms with Crippen molar-refractivity contribution in [2.45, 2.75) is 31.3 Å². The quantitative estimate of drug-likeness (QED) is 0.471. The molecule has 3 rings (SSSR count). The number of ether oxygens (including phenoxy) is 2. The number of nitrogens with zero attached hydrogens (tertiary/aromatic N) is 1. The van der Waals surface area contributed by atoms with Crippen molar-refractivity contribution in [1.82, 2.24) is 9.62 Å². The highest BCUT2D eigenvalue weighted by atomic mass is 32.2. The van der Waals surface area contributed by atoms with Crippen LogP contribution in [0.3, 0.4) is 0 Å². The van der Waals surface area contributed by atoms with Crippen LogP contribution in [-0.4, -0.2) is 39.4 Å². The van der Waals surface area contributed by atoms with Gasteiger partial charge in [0, 0.05) is 12.1 Å². The SMILES string of the molecule is COc1ccc(S(=O)(=O)N(CC(=O)N[C@@H](C)c2ccccc2OC)Cc2ccccc2)cc1C. The average molecular weight is 483 g/mol. The van der Waals surface area contributed by atoms with Gasteiger partial charge in [0.15, 0.2) is 0 Å². The molecule has 8 heteroatoms. The molecule has 1 N–H and O–H groups in total. The fraction of sp³-hybridized carbons (Fsp3) is 0.269. The maximum atomic E-state index is 13.6. The van der Waals surface area contributed by atoms with Gasteiger partial charge in [0.1, 0.15) is 11.5 Å². The summed E-state index contributed by atoms with van der Waals surface area (Å²) in [6.07, 6.45) is 0. The van der Waals surface area contributed by atoms with Gasteiger partial charge in [-0.1, -0.05) is 48.5 Å². The van der Waals surface area contributed by atoms with Crippen molar-refractivity contribution in [3.05, 3.63) is 89.5 Å². The first-order chi connectivity index (χ1) is 16.3. The third kappa shape index (κ3) is 5.95. The van der Waals surface area contributed by atoms with E-state index in [1.807, 2.05) is 61.5 Å². The first kappa shape index (κ1) is 25.3. The molecule has 0 radical (unpaired) electrons. The molecule has 0 saturated heterocycles. The molecule has 0 heterocycles. The van der Waals surface area contributed by atoms with Crippen LogP contribution in [0.4, 0.5) is 0 Å². The lowest BCUT2D eigenvalue weighted by atomic mass is 10.1. The van der Waals surface area contributed by atoms with Crippen LogP contribution in [0.25, 0.3) is 0 Å². The van der Waals surface area contributed by atoms with E-state index in [9.17, 15) is 13.2 Å². The monoisotopic (exact) mass is 482 g/mol. The zero-order valence-electron chi connectivity index (χ0n) is 19.8. The average Bonchev–Trinajstić information content (AvgIpc) is 2.84. The fourth-order valence-corrected chi connectivity index (χ4v) is 5.19. The summed E-state index contributed by atoms with van der Waals surface area (Å²) in [7, 11) is -0.862. The lowest BCUT2D eigenvalue weighted by molar-refractivity contribution is -0.122. The minimum atomic E-state index is -3.96. The van der Waals surface area contributed by atoms with Crippen LogP contribution in [0.1, 0.15) is 29.7 Å². The fourth-order valence-electron chi connectivity index (χ4n) is 3.72. The van der Waals surface area contributed by atoms with Crippen molar-refractivity contribution >= 4 is 15.9 Å². The number of rotatable bonds is 10. The number of methoxy groups -OCH3 is 2. The third-order valence-electron chi connectivity index (χ3n) is 5.51. The van der Waals surface area contributed by atoms with Gasteiger partial charge >= 0.3 is 0 Å². The third-order valence-corrected chi connectivity index (χ3v) is 7.30. The van der Waals surface area contributed by atoms with E-state index in [2.05, 4.69) is 5.32 Å². The molecule has 0 aliphatic heterocycles. The van der Waals surface area contributed by atoms with E-state index >= 15 is 0 Å². The Morgan fingerprint density at radius 1 is 0.941 bits per heavy atom. The number of sulfonamides is 1. The zero-order chi connectivity index (χ0) is 24.7. The molecule has 34 heavy (non-hydrogen) atoms. The summed E-state index contributed by atoms with van der Waals surface area (Å²) in [4.78, 5) is 13.1. The summed E-state index contributed by atoms with van der Waals surface area (Å²) < 4.78 is 39.0. The first-order valence-corrected chi connectivity index (χ1v) is 12.3. The number of amides is 1. The van der Waals surface area contributed by atoms with E-state index in [-0.39, 0.29) is 24.0 Å². The number of nitrogens with one attached hydrogen (secondary N) is 1. The lowest BCUT2D eigenvalue weighted by Gasteiger charge is -2.24. The van der Waals surface area contributed by atoms with Gasteiger partial charge in [-0.25, -0.2) is 8.42 Å². The largest absolute Gasteiger partial charge is 0.496 e. The smallest absolute Gasteiger partial charge is 0.243 e. The van der Waals surface area contributed by atoms with Gasteiger partial charge in [0.05, 0.1) is 31.7 Å². The Morgan fingerprint density at radius 2 is 1.59 bits per heavy atom. The van der Waals surface area contributed by atoms with E-state index < -0.39 is 15.9 Å². The predicted molar refractivity (Wildman–Crippen MR) is 131 cm³/mol. The number of benzene rings is 3. The van der Waals surface area contributed by atoms with E-state index in [0.717, 1.165) is 11.1 Å². The Labute approximate surface area is 201 Å². The summed E-state index contributed by atoms with van der Waals surface area (Å²) in [6.45, 7) is 3.34. The van der Waals surface area contributed by atoms with Crippen molar-refractivity contribution in [2.75, 3.05) is 20.8 Å². The van der Waals surface area contributed by atoms with Crippen molar-refractivity contribution in [3.8, 4) is 11.5 Å². The van der Waals surface area contributed by atoms with Crippen LogP contribution in [-0.2, 0) is 21.4 Å². The van der Waals surface area contributed by atoms with Gasteiger partial charge < -0.3 is 14.8 Å². The number of hydrogen-bond donors (Lipinski definition) is 1. The molecule has 0 bridgehead atoms. The Bertz CT molecular complexity index is 1230. The molecule has 0 aromatic heterocycles. The van der Waals surface area contributed by atoms with Gasteiger partial charge in [-0.3, -0.25) is 4.79 Å². The molecule has 1 atom stereocenters. The van der Waals surface area contributed by atoms with E-state index in [0.29, 0.717) is 17.1 Å². The number of para-hydroxylation sites is 1. The maximum Gasteiger partial charge on any atom is 0.243 e. The van der Waals surface area contributed by atoms with Crippen LogP contribution in [0.5, 0.6) is 11.5 Å². The standard InChI is InChI=1S/C26H30N2O5S/c1-19-16-22(14-15-24(19)32-3)34(30,31)28(17-21-10-6-5-7-11-21)18-26(29)27-20(2)23-12-8-9-13-25(23)33-4/h5-16,20H,17-18H2,1-4H3,(H,27,29)/t20-/m0/s1. The molecule has 3 aromatic rings. The van der Waals surface area contributed by atoms with Crippen LogP contribution < -0.4 is 14.8 Å². The second-order valence-electron chi connectivity index (χ2n) is 7.92. The number of hydrogen-bond acceptors (Lipinski definition) is 5. The van der Waals surface area contributed by atoms with Crippen molar-refractivity contribution < 1.29 is 22.7 Å². The topological polar surface area (TPSA) is 84.9 Å². The molecule has 0 saturated carbocycles. The summed E-state index contributed by atoms with van der Waals surface area (Å²) >= 11 is 0. The molecule has 0 unspecified atom stereocenters. The highest BCUT2D eigenvalue weighted by molar-refractivity contribution is 7.89. The molecule has 7 nitrogen and oxygen atoms in total. The molecular weight excluding hydrogens is 452 g/mol.